The number of sulfonamides is 1. The number of aromatic carboxylic acids is 1. The van der Waals surface area contributed by atoms with Gasteiger partial charge in [0.2, 0.25) is 0 Å². The van der Waals surface area contributed by atoms with Crippen LogP contribution in [0.2, 0.25) is 0 Å². The van der Waals surface area contributed by atoms with Gasteiger partial charge in [-0.1, -0.05) is 13.8 Å². The summed E-state index contributed by atoms with van der Waals surface area (Å²) in [5.74, 6) is -0.255. The lowest BCUT2D eigenvalue weighted by atomic mass is 10.2. The number of benzene rings is 1. The van der Waals surface area contributed by atoms with Crippen molar-refractivity contribution in [1.29, 1.82) is 0 Å². The highest BCUT2D eigenvalue weighted by atomic mass is 32.2. The number of nitrogens with one attached hydrogen (secondary N) is 1. The number of carbonyl (C=O) groups is 1. The Labute approximate surface area is 171 Å². The first-order chi connectivity index (χ1) is 13.8. The standard InChI is InChI=1S/C20H27N3O5S/c1-4-11-23(12-5-2)19-18(20(24)25)13-15(14-21-19)22-29(26,27)17-9-7-16(8-10-17)28-6-3/h7-10,13-14,22H,4-6,11-12H2,1-3H3,(H,24,25). The Balaban J connectivity index is 2.32. The largest absolute Gasteiger partial charge is 0.494 e. The van der Waals surface area contributed by atoms with Crippen LogP contribution >= 0.6 is 0 Å². The van der Waals surface area contributed by atoms with Crippen molar-refractivity contribution in [3.63, 3.8) is 0 Å². The molecular formula is C20H27N3O5S. The quantitative estimate of drug-likeness (QED) is 0.570. The molecule has 29 heavy (non-hydrogen) atoms. The molecule has 1 aromatic carbocycles. The summed E-state index contributed by atoms with van der Waals surface area (Å²) in [6, 6.07) is 7.29. The van der Waals surface area contributed by atoms with Crippen LogP contribution in [0, 0.1) is 0 Å². The third kappa shape index (κ3) is 5.83. The number of carboxylic acid groups (broad SMARTS) is 1. The van der Waals surface area contributed by atoms with Crippen LogP contribution in [0.1, 0.15) is 44.0 Å². The van der Waals surface area contributed by atoms with Crippen molar-refractivity contribution in [3.05, 3.63) is 42.1 Å². The lowest BCUT2D eigenvalue weighted by molar-refractivity contribution is 0.0697. The fraction of sp³-hybridized carbons (Fsp3) is 0.400. The first-order valence-corrected chi connectivity index (χ1v) is 11.0. The maximum atomic E-state index is 12.6. The van der Waals surface area contributed by atoms with E-state index in [4.69, 9.17) is 4.74 Å². The summed E-state index contributed by atoms with van der Waals surface area (Å²) in [7, 11) is -3.89. The second-order valence-electron chi connectivity index (χ2n) is 6.40. The first kappa shape index (κ1) is 22.5. The van der Waals surface area contributed by atoms with Gasteiger partial charge in [0.25, 0.3) is 10.0 Å². The molecule has 0 radical (unpaired) electrons. The van der Waals surface area contributed by atoms with Crippen molar-refractivity contribution in [3.8, 4) is 5.75 Å². The fourth-order valence-corrected chi connectivity index (χ4v) is 3.92. The van der Waals surface area contributed by atoms with Gasteiger partial charge in [-0.2, -0.15) is 0 Å². The number of rotatable bonds is 11. The third-order valence-electron chi connectivity index (χ3n) is 4.08. The Bertz CT molecular complexity index is 924. The monoisotopic (exact) mass is 421 g/mol. The molecule has 0 fully saturated rings. The summed E-state index contributed by atoms with van der Waals surface area (Å²) in [5.41, 5.74) is 0.0479. The van der Waals surface area contributed by atoms with E-state index in [0.717, 1.165) is 12.8 Å². The average molecular weight is 422 g/mol. The van der Waals surface area contributed by atoms with Crippen molar-refractivity contribution in [2.75, 3.05) is 29.3 Å². The highest BCUT2D eigenvalue weighted by Crippen LogP contribution is 2.24. The number of hydrogen-bond acceptors (Lipinski definition) is 6. The van der Waals surface area contributed by atoms with Crippen LogP contribution in [0.4, 0.5) is 11.5 Å². The lowest BCUT2D eigenvalue weighted by Crippen LogP contribution is -2.28. The second-order valence-corrected chi connectivity index (χ2v) is 8.08. The molecule has 1 aromatic heterocycles. The van der Waals surface area contributed by atoms with Crippen LogP contribution in [-0.2, 0) is 10.0 Å². The van der Waals surface area contributed by atoms with Gasteiger partial charge >= 0.3 is 5.97 Å². The highest BCUT2D eigenvalue weighted by Gasteiger charge is 2.20. The van der Waals surface area contributed by atoms with Crippen LogP contribution < -0.4 is 14.4 Å². The van der Waals surface area contributed by atoms with Gasteiger partial charge in [0.1, 0.15) is 17.1 Å². The SMILES string of the molecule is CCCN(CCC)c1ncc(NS(=O)(=O)c2ccc(OCC)cc2)cc1C(=O)O. The minimum Gasteiger partial charge on any atom is -0.494 e. The van der Waals surface area contributed by atoms with E-state index < -0.39 is 16.0 Å². The van der Waals surface area contributed by atoms with Crippen molar-refractivity contribution >= 4 is 27.5 Å². The summed E-state index contributed by atoms with van der Waals surface area (Å²) in [5, 5.41) is 9.61. The van der Waals surface area contributed by atoms with Crippen LogP contribution in [0.25, 0.3) is 0 Å². The molecule has 0 saturated heterocycles. The van der Waals surface area contributed by atoms with Gasteiger partial charge in [0, 0.05) is 13.1 Å². The topological polar surface area (TPSA) is 109 Å². The summed E-state index contributed by atoms with van der Waals surface area (Å²) >= 11 is 0. The predicted molar refractivity (Wildman–Crippen MR) is 112 cm³/mol. The minimum absolute atomic E-state index is 0.0421. The molecule has 2 N–H and O–H groups in total. The molecule has 8 nitrogen and oxygen atoms in total. The van der Waals surface area contributed by atoms with Crippen molar-refractivity contribution in [1.82, 2.24) is 4.98 Å². The van der Waals surface area contributed by atoms with Crippen molar-refractivity contribution in [2.45, 2.75) is 38.5 Å². The second kappa shape index (κ2) is 10.1. The highest BCUT2D eigenvalue weighted by molar-refractivity contribution is 7.92. The Morgan fingerprint density at radius 3 is 2.28 bits per heavy atom. The average Bonchev–Trinajstić information content (AvgIpc) is 2.68. The molecule has 2 aromatic rings. The third-order valence-corrected chi connectivity index (χ3v) is 5.48. The maximum absolute atomic E-state index is 12.6. The number of anilines is 2. The number of ether oxygens (including phenoxy) is 1. The Morgan fingerprint density at radius 2 is 1.76 bits per heavy atom. The molecule has 0 aliphatic heterocycles. The predicted octanol–water partition coefficient (Wildman–Crippen LogP) is 3.61. The molecule has 158 valence electrons. The molecular weight excluding hydrogens is 394 g/mol. The molecule has 0 aliphatic rings. The first-order valence-electron chi connectivity index (χ1n) is 9.56. The number of carboxylic acids is 1. The molecule has 1 heterocycles. The summed E-state index contributed by atoms with van der Waals surface area (Å²) < 4.78 is 33.0. The molecule has 0 amide bonds. The van der Waals surface area contributed by atoms with Crippen molar-refractivity contribution < 1.29 is 23.1 Å². The van der Waals surface area contributed by atoms with E-state index in [-0.39, 0.29) is 16.1 Å². The molecule has 0 aliphatic carbocycles. The maximum Gasteiger partial charge on any atom is 0.339 e. The van der Waals surface area contributed by atoms with Gasteiger partial charge in [0.05, 0.1) is 23.4 Å². The van der Waals surface area contributed by atoms with Gasteiger partial charge in [0.15, 0.2) is 0 Å². The van der Waals surface area contributed by atoms with Gasteiger partial charge in [-0.05, 0) is 50.1 Å². The van der Waals surface area contributed by atoms with Crippen molar-refractivity contribution in [2.24, 2.45) is 0 Å². The molecule has 0 spiro atoms. The number of aromatic nitrogens is 1. The summed E-state index contributed by atoms with van der Waals surface area (Å²) in [6.45, 7) is 7.65. The Morgan fingerprint density at radius 1 is 1.14 bits per heavy atom. The molecule has 0 bridgehead atoms. The minimum atomic E-state index is -3.89. The van der Waals surface area contributed by atoms with Gasteiger partial charge in [-0.3, -0.25) is 4.72 Å². The van der Waals surface area contributed by atoms with Crippen LogP contribution in [0.15, 0.2) is 41.4 Å². The molecule has 0 atom stereocenters. The van der Waals surface area contributed by atoms with E-state index in [9.17, 15) is 18.3 Å². The van der Waals surface area contributed by atoms with Crippen LogP contribution in [0.5, 0.6) is 5.75 Å². The van der Waals surface area contributed by atoms with Gasteiger partial charge in [-0.15, -0.1) is 0 Å². The van der Waals surface area contributed by atoms with Gasteiger partial charge < -0.3 is 14.7 Å². The Hall–Kier alpha value is -2.81. The zero-order valence-electron chi connectivity index (χ0n) is 16.9. The Kier molecular flexibility index (Phi) is 7.83. The number of pyridine rings is 1. The molecule has 9 heteroatoms. The zero-order valence-corrected chi connectivity index (χ0v) is 17.7. The van der Waals surface area contributed by atoms with E-state index >= 15 is 0 Å². The summed E-state index contributed by atoms with van der Waals surface area (Å²) in [4.78, 5) is 18.0. The smallest absolute Gasteiger partial charge is 0.339 e. The van der Waals surface area contributed by atoms with E-state index in [1.165, 1.54) is 24.4 Å². The lowest BCUT2D eigenvalue weighted by Gasteiger charge is -2.24. The summed E-state index contributed by atoms with van der Waals surface area (Å²) in [6.07, 6.45) is 3.02. The molecule has 0 unspecified atom stereocenters. The fourth-order valence-electron chi connectivity index (χ4n) is 2.88. The van der Waals surface area contributed by atoms with Crippen LogP contribution in [0.3, 0.4) is 0 Å². The van der Waals surface area contributed by atoms with E-state index in [1.807, 2.05) is 25.7 Å². The normalized spacial score (nSPS) is 11.1. The van der Waals surface area contributed by atoms with E-state index in [1.54, 1.807) is 12.1 Å². The number of hydrogen-bond donors (Lipinski definition) is 2. The molecule has 2 rings (SSSR count). The van der Waals surface area contributed by atoms with Crippen LogP contribution in [-0.4, -0.2) is 44.2 Å². The molecule has 0 saturated carbocycles. The van der Waals surface area contributed by atoms with E-state index in [0.29, 0.717) is 31.3 Å². The number of nitrogens with zero attached hydrogens (tertiary/aromatic N) is 2. The van der Waals surface area contributed by atoms with E-state index in [2.05, 4.69) is 9.71 Å². The van der Waals surface area contributed by atoms with Gasteiger partial charge in [-0.25, -0.2) is 18.2 Å². The zero-order chi connectivity index (χ0) is 21.4.